The summed E-state index contributed by atoms with van der Waals surface area (Å²) in [6, 6.07) is 12.8. The number of pyridine rings is 1. The highest BCUT2D eigenvalue weighted by molar-refractivity contribution is 5.71. The first kappa shape index (κ1) is 17.3. The molecule has 3 rings (SSSR count). The molecule has 0 aliphatic heterocycles. The second kappa shape index (κ2) is 8.57. The van der Waals surface area contributed by atoms with Crippen LogP contribution in [0.2, 0.25) is 0 Å². The van der Waals surface area contributed by atoms with Gasteiger partial charge in [0.25, 0.3) is 0 Å². The summed E-state index contributed by atoms with van der Waals surface area (Å²) < 4.78 is 10.2. The first-order valence-corrected chi connectivity index (χ1v) is 8.13. The van der Waals surface area contributed by atoms with E-state index in [1.54, 1.807) is 37.6 Å². The van der Waals surface area contributed by atoms with Crippen LogP contribution in [0.1, 0.15) is 6.92 Å². The molecule has 1 aromatic carbocycles. The van der Waals surface area contributed by atoms with Crippen molar-refractivity contribution in [3.63, 3.8) is 0 Å². The molecule has 0 bridgehead atoms. The lowest BCUT2D eigenvalue weighted by molar-refractivity contribution is -0.145. The molecule has 3 aromatic rings. The normalized spacial score (nSPS) is 10.2. The van der Waals surface area contributed by atoms with Gasteiger partial charge in [-0.1, -0.05) is 0 Å². The van der Waals surface area contributed by atoms with Crippen molar-refractivity contribution >= 4 is 17.6 Å². The zero-order valence-corrected chi connectivity index (χ0v) is 14.3. The minimum atomic E-state index is -0.393. The number of rotatable bonds is 7. The molecule has 1 N–H and O–H groups in total. The summed E-state index contributed by atoms with van der Waals surface area (Å²) in [6.07, 6.45) is 5.14. The number of ether oxygens (including phenoxy) is 2. The smallest absolute Gasteiger partial charge is 0.344 e. The monoisotopic (exact) mass is 350 g/mol. The van der Waals surface area contributed by atoms with E-state index in [0.29, 0.717) is 18.3 Å². The summed E-state index contributed by atoms with van der Waals surface area (Å²) in [5, 5.41) is 3.14. The summed E-state index contributed by atoms with van der Waals surface area (Å²) in [7, 11) is 0. The van der Waals surface area contributed by atoms with E-state index in [1.807, 2.05) is 30.3 Å². The molecule has 0 spiro atoms. The first-order valence-electron chi connectivity index (χ1n) is 8.13. The number of aromatic nitrogens is 3. The Morgan fingerprint density at radius 2 is 1.81 bits per heavy atom. The van der Waals surface area contributed by atoms with Crippen molar-refractivity contribution in [2.75, 3.05) is 18.5 Å². The number of anilines is 2. The Bertz CT molecular complexity index is 854. The van der Waals surface area contributed by atoms with Crippen LogP contribution in [-0.4, -0.2) is 34.1 Å². The van der Waals surface area contributed by atoms with Crippen molar-refractivity contribution in [3.8, 4) is 17.0 Å². The summed E-state index contributed by atoms with van der Waals surface area (Å²) in [5.74, 6) is 0.672. The van der Waals surface area contributed by atoms with Crippen molar-refractivity contribution in [2.24, 2.45) is 0 Å². The van der Waals surface area contributed by atoms with Crippen LogP contribution < -0.4 is 10.1 Å². The summed E-state index contributed by atoms with van der Waals surface area (Å²) in [6.45, 7) is 1.98. The lowest BCUT2D eigenvalue weighted by Crippen LogP contribution is -2.14. The number of carbonyl (C=O) groups excluding carboxylic acids is 1. The Kier molecular flexibility index (Phi) is 5.72. The van der Waals surface area contributed by atoms with Crippen molar-refractivity contribution in [2.45, 2.75) is 6.92 Å². The molecule has 0 unspecified atom stereocenters. The highest BCUT2D eigenvalue weighted by Crippen LogP contribution is 2.20. The van der Waals surface area contributed by atoms with E-state index in [0.717, 1.165) is 16.9 Å². The number of carbonyl (C=O) groups is 1. The van der Waals surface area contributed by atoms with Crippen molar-refractivity contribution in [1.82, 2.24) is 15.0 Å². The second-order valence-corrected chi connectivity index (χ2v) is 5.24. The number of benzene rings is 1. The highest BCUT2D eigenvalue weighted by Gasteiger charge is 2.05. The van der Waals surface area contributed by atoms with Crippen LogP contribution in [0.4, 0.5) is 11.6 Å². The van der Waals surface area contributed by atoms with Crippen LogP contribution >= 0.6 is 0 Å². The third kappa shape index (κ3) is 4.76. The van der Waals surface area contributed by atoms with E-state index in [-0.39, 0.29) is 6.61 Å². The van der Waals surface area contributed by atoms with Crippen molar-refractivity contribution in [1.29, 1.82) is 0 Å². The van der Waals surface area contributed by atoms with E-state index in [4.69, 9.17) is 9.47 Å². The molecule has 0 saturated heterocycles. The van der Waals surface area contributed by atoms with Gasteiger partial charge in [0.2, 0.25) is 5.95 Å². The number of hydrogen-bond acceptors (Lipinski definition) is 7. The summed E-state index contributed by atoms with van der Waals surface area (Å²) in [5.41, 5.74) is 2.58. The Hall–Kier alpha value is -3.48. The van der Waals surface area contributed by atoms with Gasteiger partial charge in [-0.2, -0.15) is 0 Å². The number of esters is 1. The molecule has 2 aromatic heterocycles. The number of nitrogens with one attached hydrogen (secondary N) is 1. The van der Waals surface area contributed by atoms with Gasteiger partial charge in [-0.25, -0.2) is 14.8 Å². The van der Waals surface area contributed by atoms with E-state index >= 15 is 0 Å². The molecule has 7 nitrogen and oxygen atoms in total. The van der Waals surface area contributed by atoms with E-state index < -0.39 is 5.97 Å². The standard InChI is InChI=1S/C19H18N4O3/c1-2-25-18(24)13-26-16-5-3-15(4-6-16)22-19-21-12-9-17(23-19)14-7-10-20-11-8-14/h3-12H,2,13H2,1H3,(H,21,22,23). The van der Waals surface area contributed by atoms with Gasteiger partial charge in [-0.15, -0.1) is 0 Å². The van der Waals surface area contributed by atoms with Crippen molar-refractivity contribution < 1.29 is 14.3 Å². The molecule has 26 heavy (non-hydrogen) atoms. The number of nitrogens with zero attached hydrogens (tertiary/aromatic N) is 3. The third-order valence-corrected chi connectivity index (χ3v) is 3.40. The zero-order chi connectivity index (χ0) is 18.2. The van der Waals surface area contributed by atoms with Gasteiger partial charge >= 0.3 is 5.97 Å². The minimum absolute atomic E-state index is 0.113. The van der Waals surface area contributed by atoms with Gasteiger partial charge in [0, 0.05) is 29.8 Å². The molecule has 0 saturated carbocycles. The van der Waals surface area contributed by atoms with Crippen LogP contribution in [-0.2, 0) is 9.53 Å². The molecular weight excluding hydrogens is 332 g/mol. The average Bonchev–Trinajstić information content (AvgIpc) is 2.69. The Balaban J connectivity index is 1.63. The van der Waals surface area contributed by atoms with Gasteiger partial charge in [-0.05, 0) is 49.4 Å². The van der Waals surface area contributed by atoms with E-state index in [2.05, 4.69) is 20.3 Å². The highest BCUT2D eigenvalue weighted by atomic mass is 16.6. The SMILES string of the molecule is CCOC(=O)COc1ccc(Nc2nccc(-c3ccncc3)n2)cc1. The predicted octanol–water partition coefficient (Wildman–Crippen LogP) is 3.22. The number of hydrogen-bond donors (Lipinski definition) is 1. The molecule has 0 aliphatic rings. The maximum atomic E-state index is 11.3. The van der Waals surface area contributed by atoms with Gasteiger partial charge in [0.1, 0.15) is 5.75 Å². The maximum Gasteiger partial charge on any atom is 0.344 e. The van der Waals surface area contributed by atoms with Crippen LogP contribution in [0, 0.1) is 0 Å². The Morgan fingerprint density at radius 3 is 2.54 bits per heavy atom. The molecule has 0 radical (unpaired) electrons. The molecule has 0 atom stereocenters. The molecular formula is C19H18N4O3. The Morgan fingerprint density at radius 1 is 1.04 bits per heavy atom. The lowest BCUT2D eigenvalue weighted by Gasteiger charge is -2.08. The molecule has 7 heteroatoms. The summed E-state index contributed by atoms with van der Waals surface area (Å²) >= 11 is 0. The van der Waals surface area contributed by atoms with Crippen LogP contribution in [0.3, 0.4) is 0 Å². The Labute approximate surface area is 151 Å². The topological polar surface area (TPSA) is 86.2 Å². The molecule has 0 amide bonds. The lowest BCUT2D eigenvalue weighted by atomic mass is 10.2. The van der Waals surface area contributed by atoms with Crippen LogP contribution in [0.25, 0.3) is 11.3 Å². The molecule has 2 heterocycles. The van der Waals surface area contributed by atoms with Gasteiger partial charge in [0.15, 0.2) is 6.61 Å². The minimum Gasteiger partial charge on any atom is -0.482 e. The fourth-order valence-electron chi connectivity index (χ4n) is 2.21. The first-order chi connectivity index (χ1) is 12.7. The summed E-state index contributed by atoms with van der Waals surface area (Å²) in [4.78, 5) is 24.0. The predicted molar refractivity (Wildman–Crippen MR) is 97.1 cm³/mol. The van der Waals surface area contributed by atoms with E-state index in [1.165, 1.54) is 0 Å². The fraction of sp³-hybridized carbons (Fsp3) is 0.158. The van der Waals surface area contributed by atoms with E-state index in [9.17, 15) is 4.79 Å². The van der Waals surface area contributed by atoms with Crippen molar-refractivity contribution in [3.05, 3.63) is 61.1 Å². The van der Waals surface area contributed by atoms with Crippen LogP contribution in [0.15, 0.2) is 61.1 Å². The van der Waals surface area contributed by atoms with Gasteiger partial charge in [0.05, 0.1) is 12.3 Å². The van der Waals surface area contributed by atoms with Crippen LogP contribution in [0.5, 0.6) is 5.75 Å². The maximum absolute atomic E-state index is 11.3. The average molecular weight is 350 g/mol. The quantitative estimate of drug-likeness (QED) is 0.655. The molecule has 0 fully saturated rings. The van der Waals surface area contributed by atoms with Gasteiger partial charge < -0.3 is 14.8 Å². The molecule has 132 valence electrons. The third-order valence-electron chi connectivity index (χ3n) is 3.40. The zero-order valence-electron chi connectivity index (χ0n) is 14.3. The van der Waals surface area contributed by atoms with Gasteiger partial charge in [-0.3, -0.25) is 4.98 Å². The molecule has 0 aliphatic carbocycles. The largest absolute Gasteiger partial charge is 0.482 e. The second-order valence-electron chi connectivity index (χ2n) is 5.24. The fourth-order valence-corrected chi connectivity index (χ4v) is 2.21.